The highest BCUT2D eigenvalue weighted by Gasteiger charge is 2.29. The normalized spacial score (nSPS) is 11.1. The van der Waals surface area contributed by atoms with E-state index >= 15 is 0 Å². The lowest BCUT2D eigenvalue weighted by Gasteiger charge is -2.15. The Morgan fingerprint density at radius 1 is 1.24 bits per heavy atom. The van der Waals surface area contributed by atoms with Gasteiger partial charge in [0.1, 0.15) is 11.5 Å². The maximum atomic E-state index is 12.5. The first-order chi connectivity index (χ1) is 11.7. The van der Waals surface area contributed by atoms with Crippen molar-refractivity contribution >= 4 is 39.1 Å². The number of carbonyl (C=O) groups is 1. The van der Waals surface area contributed by atoms with Crippen molar-refractivity contribution in [3.63, 3.8) is 0 Å². The molecule has 0 heterocycles. The maximum Gasteiger partial charge on any atom is 0.422 e. The van der Waals surface area contributed by atoms with Gasteiger partial charge in [0.05, 0.1) is 18.4 Å². The number of ether oxygens (including phenoxy) is 2. The van der Waals surface area contributed by atoms with E-state index in [1.807, 2.05) is 0 Å². The number of alkyl halides is 3. The highest BCUT2D eigenvalue weighted by atomic mass is 79.9. The molecule has 0 aliphatic heterocycles. The molecule has 4 nitrogen and oxygen atoms in total. The fraction of sp³-hybridized carbons (Fsp3) is 0.188. The van der Waals surface area contributed by atoms with Gasteiger partial charge in [0.2, 0.25) is 0 Å². The number of hydrogen-bond donors (Lipinski definition) is 1. The van der Waals surface area contributed by atoms with Crippen molar-refractivity contribution in [1.82, 2.24) is 0 Å². The summed E-state index contributed by atoms with van der Waals surface area (Å²) < 4.78 is 47.4. The van der Waals surface area contributed by atoms with E-state index in [0.717, 1.165) is 0 Å². The van der Waals surface area contributed by atoms with Crippen molar-refractivity contribution < 1.29 is 27.4 Å². The van der Waals surface area contributed by atoms with E-state index in [1.54, 1.807) is 12.1 Å². The van der Waals surface area contributed by atoms with Crippen LogP contribution in [0.3, 0.4) is 0 Å². The summed E-state index contributed by atoms with van der Waals surface area (Å²) >= 11 is 9.10. The first-order valence-electron chi connectivity index (χ1n) is 6.83. The minimum Gasteiger partial charge on any atom is -0.497 e. The number of nitrogens with one attached hydrogen (secondary N) is 1. The second-order valence-electron chi connectivity index (χ2n) is 4.84. The smallest absolute Gasteiger partial charge is 0.422 e. The van der Waals surface area contributed by atoms with Crippen molar-refractivity contribution in [1.29, 1.82) is 0 Å². The van der Waals surface area contributed by atoms with E-state index in [2.05, 4.69) is 21.2 Å². The number of benzene rings is 2. The van der Waals surface area contributed by atoms with Gasteiger partial charge in [-0.3, -0.25) is 4.79 Å². The molecule has 0 radical (unpaired) electrons. The van der Waals surface area contributed by atoms with Crippen molar-refractivity contribution in [3.05, 3.63) is 51.5 Å². The molecule has 0 aliphatic carbocycles. The molecule has 9 heteroatoms. The van der Waals surface area contributed by atoms with Crippen LogP contribution in [0.2, 0.25) is 5.02 Å². The Hall–Kier alpha value is -1.93. The summed E-state index contributed by atoms with van der Waals surface area (Å²) in [7, 11) is 1.45. The van der Waals surface area contributed by atoms with Gasteiger partial charge < -0.3 is 14.8 Å². The largest absolute Gasteiger partial charge is 0.497 e. The van der Waals surface area contributed by atoms with Crippen LogP contribution < -0.4 is 14.8 Å². The molecule has 0 atom stereocenters. The Morgan fingerprint density at radius 2 is 1.96 bits per heavy atom. The zero-order chi connectivity index (χ0) is 18.6. The summed E-state index contributed by atoms with van der Waals surface area (Å²) in [5.41, 5.74) is 0.262. The van der Waals surface area contributed by atoms with E-state index in [4.69, 9.17) is 21.1 Å². The van der Waals surface area contributed by atoms with Crippen LogP contribution in [-0.2, 0) is 0 Å². The Labute approximate surface area is 155 Å². The number of rotatable bonds is 5. The summed E-state index contributed by atoms with van der Waals surface area (Å²) in [4.78, 5) is 12.5. The molecule has 134 valence electrons. The van der Waals surface area contributed by atoms with Crippen LogP contribution in [0.1, 0.15) is 10.4 Å². The number of halogens is 5. The molecule has 25 heavy (non-hydrogen) atoms. The summed E-state index contributed by atoms with van der Waals surface area (Å²) in [5.74, 6) is -0.257. The van der Waals surface area contributed by atoms with Gasteiger partial charge in [0, 0.05) is 9.50 Å². The summed E-state index contributed by atoms with van der Waals surface area (Å²) in [6, 6.07) is 8.68. The lowest BCUT2D eigenvalue weighted by Crippen LogP contribution is -2.20. The molecule has 0 aromatic heterocycles. The third kappa shape index (κ3) is 5.54. The van der Waals surface area contributed by atoms with Crippen molar-refractivity contribution in [2.75, 3.05) is 19.0 Å². The highest BCUT2D eigenvalue weighted by molar-refractivity contribution is 9.10. The average molecular weight is 439 g/mol. The van der Waals surface area contributed by atoms with Crippen LogP contribution in [0.15, 0.2) is 40.9 Å². The number of methoxy groups -OCH3 is 1. The highest BCUT2D eigenvalue weighted by Crippen LogP contribution is 2.31. The molecule has 0 bridgehead atoms. The first-order valence-corrected chi connectivity index (χ1v) is 8.00. The fourth-order valence-corrected chi connectivity index (χ4v) is 2.48. The summed E-state index contributed by atoms with van der Waals surface area (Å²) in [5, 5.41) is 2.73. The summed E-state index contributed by atoms with van der Waals surface area (Å²) in [6.45, 7) is -1.49. The van der Waals surface area contributed by atoms with E-state index in [1.165, 1.54) is 31.4 Å². The number of hydrogen-bond acceptors (Lipinski definition) is 3. The molecule has 1 N–H and O–H groups in total. The van der Waals surface area contributed by atoms with Gasteiger partial charge in [0.25, 0.3) is 5.91 Å². The molecule has 0 saturated carbocycles. The Balaban J connectivity index is 2.27. The van der Waals surface area contributed by atoms with Crippen LogP contribution in [-0.4, -0.2) is 25.8 Å². The molecule has 0 fully saturated rings. The van der Waals surface area contributed by atoms with Gasteiger partial charge in [-0.25, -0.2) is 0 Å². The second kappa shape index (κ2) is 7.97. The van der Waals surface area contributed by atoms with Gasteiger partial charge in [-0.05, 0) is 52.3 Å². The zero-order valence-electron chi connectivity index (χ0n) is 12.8. The maximum absolute atomic E-state index is 12.5. The third-order valence-electron chi connectivity index (χ3n) is 3.00. The molecule has 2 aromatic rings. The van der Waals surface area contributed by atoms with E-state index in [-0.39, 0.29) is 22.0 Å². The number of anilines is 1. The summed E-state index contributed by atoms with van der Waals surface area (Å²) in [6.07, 6.45) is -4.50. The van der Waals surface area contributed by atoms with Gasteiger partial charge in [-0.1, -0.05) is 11.6 Å². The second-order valence-corrected chi connectivity index (χ2v) is 6.14. The fourth-order valence-electron chi connectivity index (χ4n) is 1.88. The van der Waals surface area contributed by atoms with Gasteiger partial charge in [-0.2, -0.15) is 13.2 Å². The van der Waals surface area contributed by atoms with Crippen molar-refractivity contribution in [2.24, 2.45) is 0 Å². The molecular formula is C16H12BrClF3NO3. The number of carbonyl (C=O) groups excluding carboxylic acids is 1. The molecule has 0 unspecified atom stereocenters. The Kier molecular flexibility index (Phi) is 6.18. The van der Waals surface area contributed by atoms with Crippen molar-refractivity contribution in [3.8, 4) is 11.5 Å². The van der Waals surface area contributed by atoms with Gasteiger partial charge >= 0.3 is 6.18 Å². The predicted molar refractivity (Wildman–Crippen MR) is 91.6 cm³/mol. The molecule has 2 rings (SSSR count). The topological polar surface area (TPSA) is 47.6 Å². The van der Waals surface area contributed by atoms with E-state index in [0.29, 0.717) is 10.2 Å². The molecule has 1 amide bonds. The Bertz CT molecular complexity index is 784. The lowest BCUT2D eigenvalue weighted by molar-refractivity contribution is -0.153. The molecular weight excluding hydrogens is 427 g/mol. The number of amides is 1. The predicted octanol–water partition coefficient (Wildman–Crippen LogP) is 5.30. The van der Waals surface area contributed by atoms with E-state index in [9.17, 15) is 18.0 Å². The molecule has 2 aromatic carbocycles. The minimum atomic E-state index is -4.50. The van der Waals surface area contributed by atoms with Crippen LogP contribution in [0.5, 0.6) is 11.5 Å². The first kappa shape index (κ1) is 19.4. The molecule has 0 aliphatic rings. The van der Waals surface area contributed by atoms with E-state index < -0.39 is 18.7 Å². The van der Waals surface area contributed by atoms with Crippen LogP contribution >= 0.6 is 27.5 Å². The lowest BCUT2D eigenvalue weighted by atomic mass is 10.2. The van der Waals surface area contributed by atoms with Crippen LogP contribution in [0.25, 0.3) is 0 Å². The monoisotopic (exact) mass is 437 g/mol. The average Bonchev–Trinajstić information content (AvgIpc) is 2.53. The quantitative estimate of drug-likeness (QED) is 0.689. The standard InChI is InChI=1S/C16H12BrClF3NO3/c1-24-10-3-4-12(17)11(7-10)15(23)22-13-6-9(18)2-5-14(13)25-8-16(19,20)21/h2-7H,8H2,1H3,(H,22,23). The Morgan fingerprint density at radius 3 is 2.60 bits per heavy atom. The zero-order valence-corrected chi connectivity index (χ0v) is 15.1. The van der Waals surface area contributed by atoms with Crippen molar-refractivity contribution in [2.45, 2.75) is 6.18 Å². The van der Waals surface area contributed by atoms with Crippen LogP contribution in [0.4, 0.5) is 18.9 Å². The molecule has 0 saturated heterocycles. The third-order valence-corrected chi connectivity index (χ3v) is 3.93. The minimum absolute atomic E-state index is 0.0245. The molecule has 0 spiro atoms. The SMILES string of the molecule is COc1ccc(Br)c(C(=O)Nc2cc(Cl)ccc2OCC(F)(F)F)c1. The van der Waals surface area contributed by atoms with Crippen LogP contribution in [0, 0.1) is 0 Å². The van der Waals surface area contributed by atoms with Gasteiger partial charge in [0.15, 0.2) is 6.61 Å². The van der Waals surface area contributed by atoms with Gasteiger partial charge in [-0.15, -0.1) is 0 Å².